The number of amides is 1. The van der Waals surface area contributed by atoms with Crippen LogP contribution in [0.1, 0.15) is 31.4 Å². The highest BCUT2D eigenvalue weighted by molar-refractivity contribution is 6.35. The molecule has 26 heavy (non-hydrogen) atoms. The number of benzene rings is 1. The number of nitrogens with one attached hydrogen (secondary N) is 1. The van der Waals surface area contributed by atoms with Gasteiger partial charge in [0, 0.05) is 23.6 Å². The Kier molecular flexibility index (Phi) is 5.84. The van der Waals surface area contributed by atoms with E-state index in [1.54, 1.807) is 31.2 Å². The summed E-state index contributed by atoms with van der Waals surface area (Å²) in [6.07, 6.45) is 1.49. The van der Waals surface area contributed by atoms with Crippen molar-refractivity contribution in [2.45, 2.75) is 38.3 Å². The summed E-state index contributed by atoms with van der Waals surface area (Å²) in [5.74, 6) is 0.546. The molecular formula is C18H19Cl2N3O3. The Morgan fingerprint density at radius 3 is 2.81 bits per heavy atom. The number of nitrogens with zero attached hydrogens (tertiary/aromatic N) is 2. The minimum atomic E-state index is -0.740. The van der Waals surface area contributed by atoms with Crippen molar-refractivity contribution >= 4 is 29.1 Å². The topological polar surface area (TPSA) is 73.2 Å². The van der Waals surface area contributed by atoms with E-state index < -0.39 is 6.10 Å². The maximum atomic E-state index is 12.2. The number of rotatable bonds is 7. The second kappa shape index (κ2) is 8.10. The van der Waals surface area contributed by atoms with E-state index in [1.807, 2.05) is 0 Å². The molecule has 1 atom stereocenters. The lowest BCUT2D eigenvalue weighted by molar-refractivity contribution is -0.127. The average molecular weight is 396 g/mol. The van der Waals surface area contributed by atoms with Gasteiger partial charge in [-0.1, -0.05) is 23.2 Å². The minimum Gasteiger partial charge on any atom is -0.479 e. The molecule has 2 aromatic rings. The molecule has 1 saturated carbocycles. The highest BCUT2D eigenvalue weighted by Crippen LogP contribution is 2.38. The third-order valence-corrected chi connectivity index (χ3v) is 4.60. The monoisotopic (exact) mass is 395 g/mol. The first-order valence-electron chi connectivity index (χ1n) is 8.41. The summed E-state index contributed by atoms with van der Waals surface area (Å²) in [6, 6.07) is 8.10. The number of ether oxygens (including phenoxy) is 1. The number of hydrogen-bond donors (Lipinski definition) is 1. The summed E-state index contributed by atoms with van der Waals surface area (Å²) < 4.78 is 6.94. The van der Waals surface area contributed by atoms with Gasteiger partial charge in [0.25, 0.3) is 11.5 Å². The molecule has 1 aromatic heterocycles. The predicted molar refractivity (Wildman–Crippen MR) is 100 cm³/mol. The first-order valence-corrected chi connectivity index (χ1v) is 9.17. The number of aromatic nitrogens is 2. The fourth-order valence-corrected chi connectivity index (χ4v) is 2.92. The highest BCUT2D eigenvalue weighted by atomic mass is 35.5. The Morgan fingerprint density at radius 1 is 1.35 bits per heavy atom. The van der Waals surface area contributed by atoms with E-state index in [4.69, 9.17) is 27.9 Å². The van der Waals surface area contributed by atoms with E-state index in [9.17, 15) is 9.59 Å². The molecule has 1 fully saturated rings. The molecule has 1 amide bonds. The molecule has 1 aliphatic carbocycles. The van der Waals surface area contributed by atoms with Crippen LogP contribution in [0.2, 0.25) is 10.0 Å². The van der Waals surface area contributed by atoms with Crippen LogP contribution in [0, 0.1) is 0 Å². The third-order valence-electron chi connectivity index (χ3n) is 4.07. The molecule has 8 heteroatoms. The molecule has 0 aliphatic heterocycles. The second-order valence-corrected chi connectivity index (χ2v) is 7.06. The van der Waals surface area contributed by atoms with Gasteiger partial charge in [-0.2, -0.15) is 5.10 Å². The maximum absolute atomic E-state index is 12.2. The van der Waals surface area contributed by atoms with Gasteiger partial charge in [0.1, 0.15) is 5.75 Å². The predicted octanol–water partition coefficient (Wildman–Crippen LogP) is 3.01. The molecule has 1 aliphatic rings. The van der Waals surface area contributed by atoms with E-state index >= 15 is 0 Å². The fraction of sp³-hybridized carbons (Fsp3) is 0.389. The zero-order valence-electron chi connectivity index (χ0n) is 14.2. The van der Waals surface area contributed by atoms with Crippen molar-refractivity contribution in [2.24, 2.45) is 0 Å². The second-order valence-electron chi connectivity index (χ2n) is 6.22. The maximum Gasteiger partial charge on any atom is 0.266 e. The molecule has 1 unspecified atom stereocenters. The normalized spacial score (nSPS) is 14.7. The van der Waals surface area contributed by atoms with Gasteiger partial charge < -0.3 is 10.1 Å². The standard InChI is InChI=1S/C18H19Cl2N3O3/c1-11(26-16-6-4-13(19)10-14(16)20)18(25)21-8-9-23-17(24)7-5-15(22-23)12-2-3-12/h4-7,10-12H,2-3,8-9H2,1H3,(H,21,25). The van der Waals surface area contributed by atoms with Crippen molar-refractivity contribution in [1.29, 1.82) is 0 Å². The summed E-state index contributed by atoms with van der Waals surface area (Å²) in [7, 11) is 0. The quantitative estimate of drug-likeness (QED) is 0.781. The Bertz CT molecular complexity index is 865. The summed E-state index contributed by atoms with van der Waals surface area (Å²) in [5.41, 5.74) is 0.755. The lowest BCUT2D eigenvalue weighted by Gasteiger charge is -2.16. The smallest absolute Gasteiger partial charge is 0.266 e. The van der Waals surface area contributed by atoms with Crippen LogP contribution in [-0.2, 0) is 11.3 Å². The van der Waals surface area contributed by atoms with Crippen LogP contribution in [0.15, 0.2) is 35.1 Å². The van der Waals surface area contributed by atoms with Gasteiger partial charge in [0.2, 0.25) is 0 Å². The van der Waals surface area contributed by atoms with Crippen molar-refractivity contribution in [3.63, 3.8) is 0 Å². The van der Waals surface area contributed by atoms with Gasteiger partial charge in [0.05, 0.1) is 17.3 Å². The highest BCUT2D eigenvalue weighted by Gasteiger charge is 2.25. The van der Waals surface area contributed by atoms with E-state index in [0.717, 1.165) is 18.5 Å². The first kappa shape index (κ1) is 18.7. The van der Waals surface area contributed by atoms with Gasteiger partial charge in [-0.3, -0.25) is 9.59 Å². The fourth-order valence-electron chi connectivity index (χ4n) is 2.47. The van der Waals surface area contributed by atoms with Crippen LogP contribution in [-0.4, -0.2) is 28.3 Å². The minimum absolute atomic E-state index is 0.180. The molecular weight excluding hydrogens is 377 g/mol. The molecule has 1 aromatic carbocycles. The summed E-state index contributed by atoms with van der Waals surface area (Å²) in [5, 5.41) is 7.93. The number of halogens is 2. The van der Waals surface area contributed by atoms with E-state index in [1.165, 1.54) is 10.7 Å². The Labute approximate surface area is 161 Å². The van der Waals surface area contributed by atoms with Crippen molar-refractivity contribution in [3.8, 4) is 5.75 Å². The van der Waals surface area contributed by atoms with Crippen LogP contribution >= 0.6 is 23.2 Å². The van der Waals surface area contributed by atoms with Gasteiger partial charge in [0.15, 0.2) is 6.10 Å². The van der Waals surface area contributed by atoms with E-state index in [-0.39, 0.29) is 18.0 Å². The summed E-state index contributed by atoms with van der Waals surface area (Å²) >= 11 is 11.9. The van der Waals surface area contributed by atoms with Crippen molar-refractivity contribution in [2.75, 3.05) is 6.54 Å². The van der Waals surface area contributed by atoms with Crippen molar-refractivity contribution in [3.05, 3.63) is 56.4 Å². The van der Waals surface area contributed by atoms with Gasteiger partial charge in [-0.15, -0.1) is 0 Å². The molecule has 0 bridgehead atoms. The first-order chi connectivity index (χ1) is 12.4. The molecule has 1 N–H and O–H groups in total. The van der Waals surface area contributed by atoms with Crippen LogP contribution in [0.25, 0.3) is 0 Å². The number of hydrogen-bond acceptors (Lipinski definition) is 4. The molecule has 0 spiro atoms. The lowest BCUT2D eigenvalue weighted by atomic mass is 10.3. The zero-order chi connectivity index (χ0) is 18.7. The Morgan fingerprint density at radius 2 is 2.12 bits per heavy atom. The summed E-state index contributed by atoms with van der Waals surface area (Å²) in [4.78, 5) is 24.0. The van der Waals surface area contributed by atoms with Crippen LogP contribution in [0.4, 0.5) is 0 Å². The number of carbonyl (C=O) groups is 1. The van der Waals surface area contributed by atoms with Gasteiger partial charge >= 0.3 is 0 Å². The molecule has 3 rings (SSSR count). The molecule has 6 nitrogen and oxygen atoms in total. The summed E-state index contributed by atoms with van der Waals surface area (Å²) in [6.45, 7) is 2.21. The Balaban J connectivity index is 1.52. The molecule has 138 valence electrons. The van der Waals surface area contributed by atoms with Crippen LogP contribution in [0.3, 0.4) is 0 Å². The van der Waals surface area contributed by atoms with Gasteiger partial charge in [-0.05, 0) is 44.0 Å². The van der Waals surface area contributed by atoms with Crippen LogP contribution < -0.4 is 15.6 Å². The Hall–Kier alpha value is -2.05. The van der Waals surface area contributed by atoms with E-state index in [2.05, 4.69) is 10.4 Å². The SMILES string of the molecule is CC(Oc1ccc(Cl)cc1Cl)C(=O)NCCn1nc(C2CC2)ccc1=O. The molecule has 0 saturated heterocycles. The third kappa shape index (κ3) is 4.77. The largest absolute Gasteiger partial charge is 0.479 e. The van der Waals surface area contributed by atoms with Crippen molar-refractivity contribution in [1.82, 2.24) is 15.1 Å². The van der Waals surface area contributed by atoms with E-state index in [0.29, 0.717) is 28.3 Å². The number of carbonyl (C=O) groups excluding carboxylic acids is 1. The lowest BCUT2D eigenvalue weighted by Crippen LogP contribution is -2.39. The molecule has 0 radical (unpaired) electrons. The van der Waals surface area contributed by atoms with Gasteiger partial charge in [-0.25, -0.2) is 4.68 Å². The molecule has 1 heterocycles. The van der Waals surface area contributed by atoms with Crippen molar-refractivity contribution < 1.29 is 9.53 Å². The zero-order valence-corrected chi connectivity index (χ0v) is 15.8. The van der Waals surface area contributed by atoms with Crippen LogP contribution in [0.5, 0.6) is 5.75 Å². The average Bonchev–Trinajstić information content (AvgIpc) is 3.44.